The van der Waals surface area contributed by atoms with Gasteiger partial charge in [-0.15, -0.1) is 11.3 Å². The molecule has 0 radical (unpaired) electrons. The van der Waals surface area contributed by atoms with Gasteiger partial charge in [-0.3, -0.25) is 5.10 Å². The highest BCUT2D eigenvalue weighted by Gasteiger charge is 2.25. The molecule has 2 N–H and O–H groups in total. The Labute approximate surface area is 110 Å². The topological polar surface area (TPSA) is 74.8 Å². The second kappa shape index (κ2) is 5.21. The van der Waals surface area contributed by atoms with Crippen molar-refractivity contribution in [3.8, 4) is 0 Å². The first-order valence-corrected chi connectivity index (χ1v) is 7.92. The average molecular weight is 285 g/mol. The van der Waals surface area contributed by atoms with Gasteiger partial charge in [-0.25, -0.2) is 13.1 Å². The van der Waals surface area contributed by atoms with E-state index in [2.05, 4.69) is 14.9 Å². The Morgan fingerprint density at radius 1 is 1.39 bits per heavy atom. The first-order chi connectivity index (χ1) is 8.50. The van der Waals surface area contributed by atoms with E-state index in [1.165, 1.54) is 12.3 Å². The lowest BCUT2D eigenvalue weighted by Gasteiger charge is -2.20. The lowest BCUT2D eigenvalue weighted by molar-refractivity contribution is 0.467. The zero-order valence-corrected chi connectivity index (χ0v) is 11.8. The fraction of sp³-hybridized carbons (Fsp3) is 0.364. The molecule has 0 saturated heterocycles. The number of aromatic amines is 1. The molecule has 7 heteroatoms. The lowest BCUT2D eigenvalue weighted by Crippen LogP contribution is -2.31. The predicted molar refractivity (Wildman–Crippen MR) is 70.8 cm³/mol. The molecule has 0 bridgehead atoms. The number of thiophene rings is 1. The van der Waals surface area contributed by atoms with Crippen LogP contribution in [0.25, 0.3) is 0 Å². The van der Waals surface area contributed by atoms with Gasteiger partial charge in [-0.1, -0.05) is 19.9 Å². The molecule has 2 heterocycles. The Balaban J connectivity index is 2.26. The number of hydrogen-bond acceptors (Lipinski definition) is 4. The van der Waals surface area contributed by atoms with Crippen LogP contribution in [0.4, 0.5) is 0 Å². The number of hydrogen-bond donors (Lipinski definition) is 2. The Kier molecular flexibility index (Phi) is 3.84. The summed E-state index contributed by atoms with van der Waals surface area (Å²) in [7, 11) is -3.55. The number of rotatable bonds is 5. The molecule has 5 nitrogen and oxygen atoms in total. The molecule has 2 rings (SSSR count). The van der Waals surface area contributed by atoms with Crippen molar-refractivity contribution < 1.29 is 8.42 Å². The summed E-state index contributed by atoms with van der Waals surface area (Å²) in [6.07, 6.45) is 1.42. The molecule has 2 aromatic rings. The molecule has 0 spiro atoms. The van der Waals surface area contributed by atoms with E-state index in [1.54, 1.807) is 11.3 Å². The van der Waals surface area contributed by atoms with E-state index in [-0.39, 0.29) is 17.0 Å². The minimum absolute atomic E-state index is 0.0877. The Morgan fingerprint density at radius 3 is 2.67 bits per heavy atom. The van der Waals surface area contributed by atoms with Crippen LogP contribution in [0.2, 0.25) is 0 Å². The van der Waals surface area contributed by atoms with E-state index in [9.17, 15) is 8.42 Å². The summed E-state index contributed by atoms with van der Waals surface area (Å²) in [5.74, 6) is 0.168. The van der Waals surface area contributed by atoms with E-state index < -0.39 is 10.0 Å². The third kappa shape index (κ3) is 2.80. The standard InChI is InChI=1S/C11H15N3O2S2/c1-8(2)11(9-4-3-7-17-9)14-18(15,16)10-5-6-12-13-10/h3-8,11,14H,1-2H3,(H,12,13). The minimum Gasteiger partial charge on any atom is -0.266 e. The molecule has 18 heavy (non-hydrogen) atoms. The summed E-state index contributed by atoms with van der Waals surface area (Å²) in [5.41, 5.74) is 0. The van der Waals surface area contributed by atoms with Gasteiger partial charge in [0.15, 0.2) is 5.03 Å². The van der Waals surface area contributed by atoms with E-state index in [0.717, 1.165) is 4.88 Å². The highest BCUT2D eigenvalue weighted by molar-refractivity contribution is 7.89. The van der Waals surface area contributed by atoms with Gasteiger partial charge >= 0.3 is 0 Å². The smallest absolute Gasteiger partial charge is 0.258 e. The van der Waals surface area contributed by atoms with Gasteiger partial charge in [0.1, 0.15) is 0 Å². The van der Waals surface area contributed by atoms with Crippen molar-refractivity contribution in [3.05, 3.63) is 34.7 Å². The molecule has 0 aliphatic carbocycles. The van der Waals surface area contributed by atoms with Crippen LogP contribution in [-0.4, -0.2) is 18.6 Å². The van der Waals surface area contributed by atoms with Crippen molar-refractivity contribution in [3.63, 3.8) is 0 Å². The number of sulfonamides is 1. The monoisotopic (exact) mass is 285 g/mol. The molecule has 0 aliphatic heterocycles. The van der Waals surface area contributed by atoms with Gasteiger partial charge < -0.3 is 0 Å². The van der Waals surface area contributed by atoms with Crippen molar-refractivity contribution >= 4 is 21.4 Å². The summed E-state index contributed by atoms with van der Waals surface area (Å²) in [4.78, 5) is 1.01. The van der Waals surface area contributed by atoms with Crippen LogP contribution in [0, 0.1) is 5.92 Å². The number of H-pyrrole nitrogens is 1. The molecule has 0 fully saturated rings. The molecular weight excluding hydrogens is 270 g/mol. The molecule has 0 saturated carbocycles. The van der Waals surface area contributed by atoms with E-state index in [0.29, 0.717) is 0 Å². The second-order valence-electron chi connectivity index (χ2n) is 4.28. The fourth-order valence-electron chi connectivity index (χ4n) is 1.61. The van der Waals surface area contributed by atoms with Gasteiger partial charge in [0.05, 0.1) is 12.2 Å². The van der Waals surface area contributed by atoms with E-state index in [4.69, 9.17) is 0 Å². The van der Waals surface area contributed by atoms with Crippen molar-refractivity contribution in [1.82, 2.24) is 14.9 Å². The minimum atomic E-state index is -3.55. The molecule has 0 aliphatic rings. The SMILES string of the molecule is CC(C)C(NS(=O)(=O)c1ccn[nH]1)c1cccs1. The van der Waals surface area contributed by atoms with Crippen LogP contribution < -0.4 is 4.72 Å². The van der Waals surface area contributed by atoms with Gasteiger partial charge in [-0.05, 0) is 23.4 Å². The summed E-state index contributed by atoms with van der Waals surface area (Å²) in [5, 5.41) is 8.16. The Morgan fingerprint density at radius 2 is 2.17 bits per heavy atom. The van der Waals surface area contributed by atoms with Crippen LogP contribution in [0.3, 0.4) is 0 Å². The van der Waals surface area contributed by atoms with Crippen molar-refractivity contribution in [2.75, 3.05) is 0 Å². The van der Waals surface area contributed by atoms with Crippen LogP contribution >= 0.6 is 11.3 Å². The average Bonchev–Trinajstić information content (AvgIpc) is 2.98. The van der Waals surface area contributed by atoms with Gasteiger partial charge in [0.25, 0.3) is 10.0 Å². The third-order valence-corrected chi connectivity index (χ3v) is 4.89. The number of nitrogens with zero attached hydrogens (tertiary/aromatic N) is 1. The zero-order chi connectivity index (χ0) is 13.2. The first kappa shape index (κ1) is 13.3. The van der Waals surface area contributed by atoms with Crippen LogP contribution in [0.15, 0.2) is 34.8 Å². The highest BCUT2D eigenvalue weighted by Crippen LogP contribution is 2.27. The second-order valence-corrected chi connectivity index (χ2v) is 6.94. The summed E-state index contributed by atoms with van der Waals surface area (Å²) >= 11 is 1.54. The number of aromatic nitrogens is 2. The van der Waals surface area contributed by atoms with Gasteiger partial charge in [0, 0.05) is 4.88 Å². The van der Waals surface area contributed by atoms with E-state index >= 15 is 0 Å². The molecule has 1 atom stereocenters. The van der Waals surface area contributed by atoms with Gasteiger partial charge in [-0.2, -0.15) is 5.10 Å². The maximum atomic E-state index is 12.1. The summed E-state index contributed by atoms with van der Waals surface area (Å²) in [6, 6.07) is 5.07. The van der Waals surface area contributed by atoms with Crippen LogP contribution in [0.1, 0.15) is 24.8 Å². The molecule has 1 unspecified atom stereocenters. The van der Waals surface area contributed by atoms with E-state index in [1.807, 2.05) is 31.4 Å². The largest absolute Gasteiger partial charge is 0.266 e. The maximum Gasteiger partial charge on any atom is 0.258 e. The molecule has 98 valence electrons. The fourth-order valence-corrected chi connectivity index (χ4v) is 3.91. The van der Waals surface area contributed by atoms with Gasteiger partial charge in [0.2, 0.25) is 0 Å². The summed E-state index contributed by atoms with van der Waals surface area (Å²) < 4.78 is 27.0. The lowest BCUT2D eigenvalue weighted by atomic mass is 10.0. The quantitative estimate of drug-likeness (QED) is 0.884. The van der Waals surface area contributed by atoms with Crippen LogP contribution in [0.5, 0.6) is 0 Å². The normalized spacial score (nSPS) is 13.9. The van der Waals surface area contributed by atoms with Crippen molar-refractivity contribution in [2.24, 2.45) is 5.92 Å². The zero-order valence-electron chi connectivity index (χ0n) is 10.1. The third-order valence-electron chi connectivity index (χ3n) is 2.56. The summed E-state index contributed by atoms with van der Waals surface area (Å²) in [6.45, 7) is 3.97. The van der Waals surface area contributed by atoms with Crippen LogP contribution in [-0.2, 0) is 10.0 Å². The van der Waals surface area contributed by atoms with Crippen molar-refractivity contribution in [1.29, 1.82) is 0 Å². The molecule has 2 aromatic heterocycles. The van der Waals surface area contributed by atoms with Crippen molar-refractivity contribution in [2.45, 2.75) is 24.9 Å². The predicted octanol–water partition coefficient (Wildman–Crippen LogP) is 2.15. The Hall–Kier alpha value is -1.18. The highest BCUT2D eigenvalue weighted by atomic mass is 32.2. The molecular formula is C11H15N3O2S2. The first-order valence-electron chi connectivity index (χ1n) is 5.56. The maximum absolute atomic E-state index is 12.1. The molecule has 0 amide bonds. The molecule has 0 aromatic carbocycles. The Bertz CT molecular complexity index is 574. The number of nitrogens with one attached hydrogen (secondary N) is 2.